The maximum Gasteiger partial charge on any atom is 0.0289 e. The van der Waals surface area contributed by atoms with Crippen molar-refractivity contribution < 1.29 is 0 Å². The van der Waals surface area contributed by atoms with Crippen LogP contribution in [0, 0.1) is 0 Å². The van der Waals surface area contributed by atoms with Gasteiger partial charge in [0, 0.05) is 17.0 Å². The largest absolute Gasteiger partial charge is 0.308 e. The first-order chi connectivity index (χ1) is 4.68. The fraction of sp³-hybridized carbons (Fsp3) is 1.00. The molecule has 0 aromatic heterocycles. The van der Waals surface area contributed by atoms with Crippen LogP contribution in [0.25, 0.3) is 0 Å². The second-order valence-electron chi connectivity index (χ2n) is 3.12. The highest BCUT2D eigenvalue weighted by Crippen LogP contribution is 2.43. The average Bonchev–Trinajstić information content (AvgIpc) is 2.13. The summed E-state index contributed by atoms with van der Waals surface area (Å²) in [5.41, 5.74) is 0. The molecule has 1 fully saturated rings. The van der Waals surface area contributed by atoms with Crippen LogP contribution in [0.15, 0.2) is 0 Å². The van der Waals surface area contributed by atoms with E-state index in [1.807, 2.05) is 10.8 Å². The molecule has 1 aliphatic rings. The zero-order chi connectivity index (χ0) is 7.56. The van der Waals surface area contributed by atoms with Crippen molar-refractivity contribution in [3.63, 3.8) is 0 Å². The Labute approximate surface area is 71.3 Å². The first-order valence-corrected chi connectivity index (χ1v) is 5.93. The van der Waals surface area contributed by atoms with Crippen LogP contribution in [0.1, 0.15) is 13.3 Å². The van der Waals surface area contributed by atoms with Crippen LogP contribution in [0.3, 0.4) is 0 Å². The number of rotatable bonds is 2. The molecular weight excluding hydrogens is 162 g/mol. The number of nitrogens with zero attached hydrogens (tertiary/aromatic N) is 1. The third kappa shape index (κ3) is 2.72. The average molecular weight is 177 g/mol. The minimum atomic E-state index is 0.870. The van der Waals surface area contributed by atoms with Crippen LogP contribution in [0.5, 0.6) is 0 Å². The summed E-state index contributed by atoms with van der Waals surface area (Å²) in [5, 5.41) is 1.74. The summed E-state index contributed by atoms with van der Waals surface area (Å²) in [4.78, 5) is 2.27. The molecule has 0 saturated carbocycles. The molecule has 1 rings (SSSR count). The van der Waals surface area contributed by atoms with E-state index >= 15 is 0 Å². The van der Waals surface area contributed by atoms with Gasteiger partial charge in [-0.15, -0.1) is 0 Å². The summed E-state index contributed by atoms with van der Waals surface area (Å²) >= 11 is 0. The Morgan fingerprint density at radius 3 is 2.50 bits per heavy atom. The van der Waals surface area contributed by atoms with Crippen LogP contribution in [-0.4, -0.2) is 36.0 Å². The number of hydrogen-bond donors (Lipinski definition) is 0. The van der Waals surface area contributed by atoms with E-state index in [4.69, 9.17) is 0 Å². The standard InChI is InChI=1S/C7H15NS2/c1-6-4-7(10-9-6)5-8(2)3/h6-7H,4-5H2,1-3H3. The molecule has 2 atom stereocenters. The topological polar surface area (TPSA) is 3.24 Å². The molecule has 1 heterocycles. The van der Waals surface area contributed by atoms with E-state index < -0.39 is 0 Å². The second kappa shape index (κ2) is 3.88. The molecule has 0 N–H and O–H groups in total. The van der Waals surface area contributed by atoms with Gasteiger partial charge in [-0.05, 0) is 20.5 Å². The molecule has 1 nitrogen and oxygen atoms in total. The molecule has 0 amide bonds. The van der Waals surface area contributed by atoms with Crippen molar-refractivity contribution >= 4 is 21.6 Å². The normalized spacial score (nSPS) is 33.6. The van der Waals surface area contributed by atoms with E-state index in [-0.39, 0.29) is 0 Å². The number of hydrogen-bond acceptors (Lipinski definition) is 3. The lowest BCUT2D eigenvalue weighted by Gasteiger charge is -2.13. The van der Waals surface area contributed by atoms with E-state index in [1.54, 1.807) is 0 Å². The molecule has 2 unspecified atom stereocenters. The molecular formula is C7H15NS2. The predicted octanol–water partition coefficient (Wildman–Crippen LogP) is 2.09. The molecule has 0 aromatic rings. The van der Waals surface area contributed by atoms with E-state index in [9.17, 15) is 0 Å². The molecule has 10 heavy (non-hydrogen) atoms. The van der Waals surface area contributed by atoms with Crippen molar-refractivity contribution in [3.8, 4) is 0 Å². The van der Waals surface area contributed by atoms with Gasteiger partial charge in [0.2, 0.25) is 0 Å². The van der Waals surface area contributed by atoms with Crippen molar-refractivity contribution in [2.75, 3.05) is 20.6 Å². The third-order valence-corrected chi connectivity index (χ3v) is 4.90. The molecule has 60 valence electrons. The van der Waals surface area contributed by atoms with Gasteiger partial charge in [-0.2, -0.15) is 0 Å². The smallest absolute Gasteiger partial charge is 0.0289 e. The Morgan fingerprint density at radius 1 is 1.40 bits per heavy atom. The van der Waals surface area contributed by atoms with Gasteiger partial charge in [-0.3, -0.25) is 0 Å². The van der Waals surface area contributed by atoms with E-state index in [0.717, 1.165) is 10.5 Å². The summed E-state index contributed by atoms with van der Waals surface area (Å²) < 4.78 is 0. The molecule has 0 aliphatic carbocycles. The molecule has 1 saturated heterocycles. The van der Waals surface area contributed by atoms with E-state index in [0.29, 0.717) is 0 Å². The lowest BCUT2D eigenvalue weighted by atomic mass is 10.2. The Kier molecular flexibility index (Phi) is 3.40. The zero-order valence-electron chi connectivity index (χ0n) is 6.83. The SMILES string of the molecule is CC1CC(CN(C)C)SS1. The maximum atomic E-state index is 2.31. The van der Waals surface area contributed by atoms with Crippen molar-refractivity contribution in [1.82, 2.24) is 4.90 Å². The summed E-state index contributed by atoms with van der Waals surface area (Å²) in [6, 6.07) is 0. The van der Waals surface area contributed by atoms with Crippen LogP contribution in [0.2, 0.25) is 0 Å². The molecule has 0 bridgehead atoms. The van der Waals surface area contributed by atoms with Gasteiger partial charge in [0.25, 0.3) is 0 Å². The molecule has 0 spiro atoms. The predicted molar refractivity (Wildman–Crippen MR) is 51.6 cm³/mol. The van der Waals surface area contributed by atoms with Crippen molar-refractivity contribution in [2.45, 2.75) is 23.8 Å². The van der Waals surface area contributed by atoms with Crippen molar-refractivity contribution in [2.24, 2.45) is 0 Å². The first-order valence-electron chi connectivity index (χ1n) is 3.65. The van der Waals surface area contributed by atoms with E-state index in [1.165, 1.54) is 13.0 Å². The fourth-order valence-corrected chi connectivity index (χ4v) is 4.33. The van der Waals surface area contributed by atoms with E-state index in [2.05, 4.69) is 36.7 Å². The highest BCUT2D eigenvalue weighted by Gasteiger charge is 2.22. The minimum absolute atomic E-state index is 0.870. The van der Waals surface area contributed by atoms with Gasteiger partial charge >= 0.3 is 0 Å². The molecule has 3 heteroatoms. The second-order valence-corrected chi connectivity index (χ2v) is 6.13. The maximum absolute atomic E-state index is 2.31. The highest BCUT2D eigenvalue weighted by atomic mass is 33.1. The van der Waals surface area contributed by atoms with Gasteiger partial charge < -0.3 is 4.90 Å². The summed E-state index contributed by atoms with van der Waals surface area (Å²) in [6.45, 7) is 3.55. The van der Waals surface area contributed by atoms with Crippen LogP contribution < -0.4 is 0 Å². The molecule has 0 aromatic carbocycles. The monoisotopic (exact) mass is 177 g/mol. The van der Waals surface area contributed by atoms with Crippen LogP contribution >= 0.6 is 21.6 Å². The van der Waals surface area contributed by atoms with Gasteiger partial charge in [-0.25, -0.2) is 0 Å². The van der Waals surface area contributed by atoms with Gasteiger partial charge in [0.15, 0.2) is 0 Å². The first kappa shape index (κ1) is 8.75. The highest BCUT2D eigenvalue weighted by molar-refractivity contribution is 8.77. The molecule has 1 aliphatic heterocycles. The van der Waals surface area contributed by atoms with Gasteiger partial charge in [0.1, 0.15) is 0 Å². The Hall–Kier alpha value is 0.660. The van der Waals surface area contributed by atoms with Crippen LogP contribution in [-0.2, 0) is 0 Å². The third-order valence-electron chi connectivity index (χ3n) is 1.52. The van der Waals surface area contributed by atoms with Crippen molar-refractivity contribution in [1.29, 1.82) is 0 Å². The lowest BCUT2D eigenvalue weighted by molar-refractivity contribution is 0.402. The quantitative estimate of drug-likeness (QED) is 0.595. The van der Waals surface area contributed by atoms with Gasteiger partial charge in [-0.1, -0.05) is 28.5 Å². The molecule has 0 radical (unpaired) electrons. The Morgan fingerprint density at radius 2 is 2.10 bits per heavy atom. The van der Waals surface area contributed by atoms with Crippen LogP contribution in [0.4, 0.5) is 0 Å². The fourth-order valence-electron chi connectivity index (χ4n) is 1.13. The Balaban J connectivity index is 2.18. The Bertz CT molecular complexity index is 106. The minimum Gasteiger partial charge on any atom is -0.308 e. The van der Waals surface area contributed by atoms with Crippen molar-refractivity contribution in [3.05, 3.63) is 0 Å². The zero-order valence-corrected chi connectivity index (χ0v) is 8.47. The lowest BCUT2D eigenvalue weighted by Crippen LogP contribution is -2.22. The summed E-state index contributed by atoms with van der Waals surface area (Å²) in [5.74, 6) is 0. The summed E-state index contributed by atoms with van der Waals surface area (Å²) in [6.07, 6.45) is 1.38. The van der Waals surface area contributed by atoms with Gasteiger partial charge in [0.05, 0.1) is 0 Å². The summed E-state index contributed by atoms with van der Waals surface area (Å²) in [7, 11) is 8.39.